The van der Waals surface area contributed by atoms with Crippen LogP contribution in [-0.4, -0.2) is 4.98 Å². The van der Waals surface area contributed by atoms with Crippen molar-refractivity contribution in [1.82, 2.24) is 4.98 Å². The smallest absolute Gasteiger partial charge is 0.251 e. The van der Waals surface area contributed by atoms with E-state index >= 15 is 0 Å². The van der Waals surface area contributed by atoms with Crippen LogP contribution in [0.5, 0.6) is 0 Å². The lowest BCUT2D eigenvalue weighted by Gasteiger charge is -2.23. The van der Waals surface area contributed by atoms with E-state index < -0.39 is 5.41 Å². The number of fused-ring (bicyclic) bond motifs is 1. The molecule has 0 aliphatic rings. The number of H-pyrrole nitrogens is 1. The Labute approximate surface area is 158 Å². The van der Waals surface area contributed by atoms with Gasteiger partial charge in [0.25, 0.3) is 5.56 Å². The maximum atomic E-state index is 12.3. The molecule has 1 unspecified atom stereocenters. The standard InChI is InChI=1S/C23H21N3O/c1-4-19-15(2)20-9-8-18(11-21(20)26-22(19)27)23(3,14-25)12-16-6-5-7-17(10-16)13-24/h5-11H,4,12H2,1-3H3,(H,26,27). The second kappa shape index (κ2) is 7.09. The quantitative estimate of drug-likeness (QED) is 0.758. The van der Waals surface area contributed by atoms with Gasteiger partial charge in [-0.25, -0.2) is 0 Å². The molecule has 2 aromatic carbocycles. The summed E-state index contributed by atoms with van der Waals surface area (Å²) in [4.78, 5) is 15.3. The number of pyridine rings is 1. The highest BCUT2D eigenvalue weighted by molar-refractivity contribution is 5.83. The van der Waals surface area contributed by atoms with Crippen LogP contribution in [-0.2, 0) is 18.3 Å². The molecule has 1 atom stereocenters. The molecule has 1 aromatic heterocycles. The SMILES string of the molecule is CCc1c(C)c2ccc(C(C)(C#N)Cc3cccc(C#N)c3)cc2[nH]c1=O. The second-order valence-electron chi connectivity index (χ2n) is 7.10. The lowest BCUT2D eigenvalue weighted by Crippen LogP contribution is -2.23. The molecule has 0 radical (unpaired) electrons. The van der Waals surface area contributed by atoms with Crippen LogP contribution in [0.3, 0.4) is 0 Å². The van der Waals surface area contributed by atoms with E-state index in [0.29, 0.717) is 18.4 Å². The van der Waals surface area contributed by atoms with Crippen molar-refractivity contribution in [2.24, 2.45) is 0 Å². The minimum Gasteiger partial charge on any atom is -0.322 e. The van der Waals surface area contributed by atoms with Gasteiger partial charge in [0, 0.05) is 16.5 Å². The summed E-state index contributed by atoms with van der Waals surface area (Å²) in [6.45, 7) is 5.82. The molecular formula is C23H21N3O. The summed E-state index contributed by atoms with van der Waals surface area (Å²) in [5.41, 5.74) is 4.06. The third-order valence-corrected chi connectivity index (χ3v) is 5.25. The molecule has 0 amide bonds. The number of nitrogens with zero attached hydrogens (tertiary/aromatic N) is 2. The predicted molar refractivity (Wildman–Crippen MR) is 107 cm³/mol. The van der Waals surface area contributed by atoms with Crippen LogP contribution in [0.2, 0.25) is 0 Å². The van der Waals surface area contributed by atoms with E-state index in [1.54, 1.807) is 6.07 Å². The van der Waals surface area contributed by atoms with E-state index in [0.717, 1.165) is 33.2 Å². The number of aromatic amines is 1. The van der Waals surface area contributed by atoms with Crippen LogP contribution in [0.15, 0.2) is 47.3 Å². The Balaban J connectivity index is 2.09. The van der Waals surface area contributed by atoms with Crippen molar-refractivity contribution < 1.29 is 0 Å². The first-order valence-corrected chi connectivity index (χ1v) is 8.98. The van der Waals surface area contributed by atoms with E-state index in [9.17, 15) is 10.1 Å². The fraction of sp³-hybridized carbons (Fsp3) is 0.261. The lowest BCUT2D eigenvalue weighted by molar-refractivity contribution is 0.607. The average molecular weight is 355 g/mol. The summed E-state index contributed by atoms with van der Waals surface area (Å²) in [5.74, 6) is 0. The van der Waals surface area contributed by atoms with Gasteiger partial charge >= 0.3 is 0 Å². The minimum atomic E-state index is -0.767. The van der Waals surface area contributed by atoms with Gasteiger partial charge in [-0.15, -0.1) is 0 Å². The molecule has 0 saturated carbocycles. The maximum Gasteiger partial charge on any atom is 0.251 e. The van der Waals surface area contributed by atoms with Gasteiger partial charge < -0.3 is 4.98 Å². The third-order valence-electron chi connectivity index (χ3n) is 5.25. The van der Waals surface area contributed by atoms with Crippen molar-refractivity contribution in [2.45, 2.75) is 39.0 Å². The van der Waals surface area contributed by atoms with Crippen LogP contribution in [0.25, 0.3) is 10.9 Å². The van der Waals surface area contributed by atoms with Crippen LogP contribution in [0.1, 0.15) is 41.7 Å². The Bertz CT molecular complexity index is 1160. The summed E-state index contributed by atoms with van der Waals surface area (Å²) < 4.78 is 0. The number of nitrogens with one attached hydrogen (secondary N) is 1. The van der Waals surface area contributed by atoms with Gasteiger partial charge in [-0.3, -0.25) is 4.79 Å². The van der Waals surface area contributed by atoms with Crippen molar-refractivity contribution in [3.8, 4) is 12.1 Å². The zero-order valence-corrected chi connectivity index (χ0v) is 15.8. The normalized spacial score (nSPS) is 12.9. The highest BCUT2D eigenvalue weighted by Crippen LogP contribution is 2.30. The van der Waals surface area contributed by atoms with E-state index in [2.05, 4.69) is 17.1 Å². The van der Waals surface area contributed by atoms with Crippen LogP contribution in [0, 0.1) is 29.6 Å². The molecule has 0 spiro atoms. The summed E-state index contributed by atoms with van der Waals surface area (Å²) in [6, 6.07) is 17.7. The van der Waals surface area contributed by atoms with Gasteiger partial charge in [0.05, 0.1) is 23.1 Å². The molecule has 1 N–H and O–H groups in total. The molecule has 1 heterocycles. The molecule has 3 aromatic rings. The zero-order valence-electron chi connectivity index (χ0n) is 15.8. The number of aryl methyl sites for hydroxylation is 1. The number of hydrogen-bond donors (Lipinski definition) is 1. The lowest BCUT2D eigenvalue weighted by atomic mass is 9.78. The molecule has 4 nitrogen and oxygen atoms in total. The van der Waals surface area contributed by atoms with E-state index in [1.807, 2.05) is 57.2 Å². The fourth-order valence-corrected chi connectivity index (χ4v) is 3.64. The van der Waals surface area contributed by atoms with E-state index in [4.69, 9.17) is 5.26 Å². The molecule has 27 heavy (non-hydrogen) atoms. The maximum absolute atomic E-state index is 12.3. The summed E-state index contributed by atoms with van der Waals surface area (Å²) in [7, 11) is 0. The zero-order chi connectivity index (χ0) is 19.6. The molecule has 0 fully saturated rings. The van der Waals surface area contributed by atoms with Crippen molar-refractivity contribution in [3.63, 3.8) is 0 Å². The predicted octanol–water partition coefficient (Wildman–Crippen LogP) is 4.29. The van der Waals surface area contributed by atoms with Crippen LogP contribution >= 0.6 is 0 Å². The number of hydrogen-bond acceptors (Lipinski definition) is 3. The summed E-state index contributed by atoms with van der Waals surface area (Å²) in [6.07, 6.45) is 1.17. The first-order valence-electron chi connectivity index (χ1n) is 8.98. The third kappa shape index (κ3) is 3.35. The van der Waals surface area contributed by atoms with Crippen molar-refractivity contribution in [2.75, 3.05) is 0 Å². The molecule has 0 aliphatic heterocycles. The molecule has 0 saturated heterocycles. The van der Waals surface area contributed by atoms with E-state index in [1.165, 1.54) is 0 Å². The second-order valence-corrected chi connectivity index (χ2v) is 7.10. The Morgan fingerprint density at radius 2 is 1.93 bits per heavy atom. The largest absolute Gasteiger partial charge is 0.322 e. The van der Waals surface area contributed by atoms with Crippen molar-refractivity contribution >= 4 is 10.9 Å². The van der Waals surface area contributed by atoms with Gasteiger partial charge in [0.1, 0.15) is 0 Å². The highest BCUT2D eigenvalue weighted by atomic mass is 16.1. The van der Waals surface area contributed by atoms with Gasteiger partial charge in [0.2, 0.25) is 0 Å². The Morgan fingerprint density at radius 3 is 2.59 bits per heavy atom. The first-order chi connectivity index (χ1) is 12.9. The first kappa shape index (κ1) is 18.4. The summed E-state index contributed by atoms with van der Waals surface area (Å²) in [5, 5.41) is 20.0. The Kier molecular flexibility index (Phi) is 4.84. The Morgan fingerprint density at radius 1 is 1.15 bits per heavy atom. The number of benzene rings is 2. The number of rotatable bonds is 4. The van der Waals surface area contributed by atoms with Gasteiger partial charge in [-0.1, -0.05) is 31.2 Å². The minimum absolute atomic E-state index is 0.0694. The van der Waals surface area contributed by atoms with Crippen LogP contribution < -0.4 is 5.56 Å². The Hall–Kier alpha value is -3.37. The molecular weight excluding hydrogens is 334 g/mol. The van der Waals surface area contributed by atoms with Gasteiger partial charge in [0.15, 0.2) is 0 Å². The molecule has 134 valence electrons. The van der Waals surface area contributed by atoms with Gasteiger partial charge in [-0.2, -0.15) is 10.5 Å². The monoisotopic (exact) mass is 355 g/mol. The molecule has 4 heteroatoms. The topological polar surface area (TPSA) is 80.4 Å². The average Bonchev–Trinajstić information content (AvgIpc) is 2.68. The van der Waals surface area contributed by atoms with Crippen LogP contribution in [0.4, 0.5) is 0 Å². The summed E-state index contributed by atoms with van der Waals surface area (Å²) >= 11 is 0. The van der Waals surface area contributed by atoms with Gasteiger partial charge in [-0.05, 0) is 61.6 Å². The molecule has 0 aliphatic carbocycles. The molecule has 0 bridgehead atoms. The molecule has 3 rings (SSSR count). The number of nitriles is 2. The van der Waals surface area contributed by atoms with Crippen molar-refractivity contribution in [3.05, 3.63) is 80.6 Å². The number of aromatic nitrogens is 1. The fourth-order valence-electron chi connectivity index (χ4n) is 3.64. The van der Waals surface area contributed by atoms with Crippen molar-refractivity contribution in [1.29, 1.82) is 10.5 Å². The van der Waals surface area contributed by atoms with E-state index in [-0.39, 0.29) is 5.56 Å². The highest BCUT2D eigenvalue weighted by Gasteiger charge is 2.27.